The number of hydrogen-bond donors (Lipinski definition) is 0. The maximum Gasteiger partial charge on any atom is 0.257 e. The molecule has 3 aromatic rings. The van der Waals surface area contributed by atoms with Gasteiger partial charge in [0.2, 0.25) is 0 Å². The Morgan fingerprint density at radius 3 is 2.53 bits per heavy atom. The van der Waals surface area contributed by atoms with Gasteiger partial charge in [0.05, 0.1) is 0 Å². The van der Waals surface area contributed by atoms with E-state index in [4.69, 9.17) is 4.42 Å². The molecule has 0 atom stereocenters. The summed E-state index contributed by atoms with van der Waals surface area (Å²) in [7, 11) is 0. The predicted octanol–water partition coefficient (Wildman–Crippen LogP) is 4.74. The van der Waals surface area contributed by atoms with E-state index in [1.54, 1.807) is 11.8 Å². The quantitative estimate of drug-likeness (QED) is 0.642. The Labute approximate surface area is 116 Å². The summed E-state index contributed by atoms with van der Waals surface area (Å²) < 4.78 is 5.72. The van der Waals surface area contributed by atoms with E-state index in [0.717, 1.165) is 22.1 Å². The third-order valence-corrected chi connectivity index (χ3v) is 3.91. The van der Waals surface area contributed by atoms with Crippen LogP contribution >= 0.6 is 11.8 Å². The van der Waals surface area contributed by atoms with Crippen LogP contribution in [0.25, 0.3) is 11.1 Å². The first-order chi connectivity index (χ1) is 9.20. The van der Waals surface area contributed by atoms with Gasteiger partial charge < -0.3 is 4.42 Å². The van der Waals surface area contributed by atoms with Crippen LogP contribution in [-0.4, -0.2) is 4.98 Å². The SMILES string of the molecule is Cc1ccc(CSc2nc3cc(C)ccc3o2)cc1. The number of hydrogen-bond acceptors (Lipinski definition) is 3. The molecule has 1 heterocycles. The first-order valence-corrected chi connectivity index (χ1v) is 7.25. The van der Waals surface area contributed by atoms with E-state index in [1.165, 1.54) is 16.7 Å². The number of fused-ring (bicyclic) bond motifs is 1. The lowest BCUT2D eigenvalue weighted by molar-refractivity contribution is 0.489. The van der Waals surface area contributed by atoms with Gasteiger partial charge in [0.25, 0.3) is 5.22 Å². The molecule has 3 heteroatoms. The summed E-state index contributed by atoms with van der Waals surface area (Å²) in [5.41, 5.74) is 5.57. The Morgan fingerprint density at radius 1 is 1.00 bits per heavy atom. The Bertz CT molecular complexity index is 700. The van der Waals surface area contributed by atoms with Gasteiger partial charge in [-0.25, -0.2) is 4.98 Å². The summed E-state index contributed by atoms with van der Waals surface area (Å²) in [5, 5.41) is 0.737. The summed E-state index contributed by atoms with van der Waals surface area (Å²) >= 11 is 1.63. The molecule has 0 fully saturated rings. The van der Waals surface area contributed by atoms with Gasteiger partial charge in [0.1, 0.15) is 5.52 Å². The zero-order valence-electron chi connectivity index (χ0n) is 11.0. The topological polar surface area (TPSA) is 26.0 Å². The third-order valence-electron chi connectivity index (χ3n) is 3.01. The molecule has 0 spiro atoms. The third kappa shape index (κ3) is 2.82. The molecule has 0 aliphatic rings. The molecule has 0 aliphatic carbocycles. The van der Waals surface area contributed by atoms with Crippen molar-refractivity contribution in [2.75, 3.05) is 0 Å². The van der Waals surface area contributed by atoms with Crippen LogP contribution in [0.1, 0.15) is 16.7 Å². The summed E-state index contributed by atoms with van der Waals surface area (Å²) in [6.07, 6.45) is 0. The van der Waals surface area contributed by atoms with Gasteiger partial charge in [0.15, 0.2) is 5.58 Å². The minimum atomic E-state index is 0.737. The molecule has 0 amide bonds. The molecule has 0 saturated carbocycles. The lowest BCUT2D eigenvalue weighted by Gasteiger charge is -1.98. The molecule has 0 radical (unpaired) electrons. The second-order valence-electron chi connectivity index (χ2n) is 4.73. The zero-order chi connectivity index (χ0) is 13.2. The summed E-state index contributed by atoms with van der Waals surface area (Å²) in [6, 6.07) is 14.6. The van der Waals surface area contributed by atoms with Crippen molar-refractivity contribution in [1.29, 1.82) is 0 Å². The van der Waals surface area contributed by atoms with E-state index < -0.39 is 0 Å². The number of benzene rings is 2. The highest BCUT2D eigenvalue weighted by Gasteiger charge is 2.06. The fraction of sp³-hybridized carbons (Fsp3) is 0.188. The van der Waals surface area contributed by atoms with Crippen molar-refractivity contribution in [3.63, 3.8) is 0 Å². The minimum absolute atomic E-state index is 0.737. The molecular weight excluding hydrogens is 254 g/mol. The second kappa shape index (κ2) is 5.10. The van der Waals surface area contributed by atoms with E-state index in [1.807, 2.05) is 12.1 Å². The molecular formula is C16H15NOS. The molecule has 3 rings (SSSR count). The van der Waals surface area contributed by atoms with Crippen molar-refractivity contribution in [1.82, 2.24) is 4.98 Å². The van der Waals surface area contributed by atoms with Crippen molar-refractivity contribution in [3.05, 3.63) is 59.2 Å². The van der Waals surface area contributed by atoms with Crippen molar-refractivity contribution in [2.45, 2.75) is 24.8 Å². The van der Waals surface area contributed by atoms with E-state index in [2.05, 4.69) is 49.2 Å². The van der Waals surface area contributed by atoms with Crippen LogP contribution < -0.4 is 0 Å². The zero-order valence-corrected chi connectivity index (χ0v) is 11.8. The fourth-order valence-corrected chi connectivity index (χ4v) is 2.70. The van der Waals surface area contributed by atoms with Gasteiger partial charge in [-0.15, -0.1) is 0 Å². The Balaban J connectivity index is 1.76. The highest BCUT2D eigenvalue weighted by Crippen LogP contribution is 2.26. The Kier molecular flexibility index (Phi) is 3.30. The van der Waals surface area contributed by atoms with Crippen molar-refractivity contribution < 1.29 is 4.42 Å². The molecule has 96 valence electrons. The van der Waals surface area contributed by atoms with Gasteiger partial charge in [-0.1, -0.05) is 47.7 Å². The average molecular weight is 269 g/mol. The number of aromatic nitrogens is 1. The van der Waals surface area contributed by atoms with E-state index in [0.29, 0.717) is 0 Å². The normalized spacial score (nSPS) is 11.1. The molecule has 2 nitrogen and oxygen atoms in total. The highest BCUT2D eigenvalue weighted by atomic mass is 32.2. The maximum atomic E-state index is 5.72. The fourth-order valence-electron chi connectivity index (χ4n) is 1.91. The van der Waals surface area contributed by atoms with Crippen LogP contribution in [0, 0.1) is 13.8 Å². The number of thioether (sulfide) groups is 1. The first-order valence-electron chi connectivity index (χ1n) is 6.26. The number of rotatable bonds is 3. The van der Waals surface area contributed by atoms with Crippen LogP contribution in [-0.2, 0) is 5.75 Å². The van der Waals surface area contributed by atoms with Crippen LogP contribution in [0.5, 0.6) is 0 Å². The number of oxazole rings is 1. The monoisotopic (exact) mass is 269 g/mol. The smallest absolute Gasteiger partial charge is 0.257 e. The minimum Gasteiger partial charge on any atom is -0.431 e. The van der Waals surface area contributed by atoms with Gasteiger partial charge >= 0.3 is 0 Å². The van der Waals surface area contributed by atoms with Crippen LogP contribution in [0.15, 0.2) is 52.1 Å². The predicted molar refractivity (Wildman–Crippen MR) is 79.5 cm³/mol. The van der Waals surface area contributed by atoms with Crippen molar-refractivity contribution >= 4 is 22.9 Å². The van der Waals surface area contributed by atoms with Gasteiger partial charge in [-0.2, -0.15) is 0 Å². The molecule has 1 aromatic heterocycles. The molecule has 0 unspecified atom stereocenters. The molecule has 0 saturated heterocycles. The van der Waals surface area contributed by atoms with Gasteiger partial charge in [0, 0.05) is 5.75 Å². The number of aryl methyl sites for hydroxylation is 2. The van der Waals surface area contributed by atoms with Crippen molar-refractivity contribution in [3.8, 4) is 0 Å². The molecule has 0 N–H and O–H groups in total. The second-order valence-corrected chi connectivity index (χ2v) is 5.65. The Morgan fingerprint density at radius 2 is 1.74 bits per heavy atom. The van der Waals surface area contributed by atoms with E-state index >= 15 is 0 Å². The maximum absolute atomic E-state index is 5.72. The van der Waals surface area contributed by atoms with Crippen LogP contribution in [0.4, 0.5) is 0 Å². The highest BCUT2D eigenvalue weighted by molar-refractivity contribution is 7.98. The first kappa shape index (κ1) is 12.3. The van der Waals surface area contributed by atoms with E-state index in [-0.39, 0.29) is 0 Å². The molecule has 19 heavy (non-hydrogen) atoms. The van der Waals surface area contributed by atoms with Crippen molar-refractivity contribution in [2.24, 2.45) is 0 Å². The lowest BCUT2D eigenvalue weighted by Crippen LogP contribution is -1.81. The summed E-state index contributed by atoms with van der Waals surface area (Å²) in [5.74, 6) is 0.881. The van der Waals surface area contributed by atoms with Crippen LogP contribution in [0.3, 0.4) is 0 Å². The molecule has 0 bridgehead atoms. The molecule has 2 aromatic carbocycles. The standard InChI is InChI=1S/C16H15NOS/c1-11-3-6-13(7-4-11)10-19-16-17-14-9-12(2)5-8-15(14)18-16/h3-9H,10H2,1-2H3. The van der Waals surface area contributed by atoms with Gasteiger partial charge in [-0.3, -0.25) is 0 Å². The van der Waals surface area contributed by atoms with Gasteiger partial charge in [-0.05, 0) is 37.1 Å². The Hall–Kier alpha value is -1.74. The summed E-state index contributed by atoms with van der Waals surface area (Å²) in [6.45, 7) is 4.16. The molecule has 0 aliphatic heterocycles. The lowest BCUT2D eigenvalue weighted by atomic mass is 10.2. The summed E-state index contributed by atoms with van der Waals surface area (Å²) in [4.78, 5) is 4.50. The van der Waals surface area contributed by atoms with Crippen LogP contribution in [0.2, 0.25) is 0 Å². The average Bonchev–Trinajstić information content (AvgIpc) is 2.80. The number of nitrogens with zero attached hydrogens (tertiary/aromatic N) is 1. The van der Waals surface area contributed by atoms with E-state index in [9.17, 15) is 0 Å². The largest absolute Gasteiger partial charge is 0.431 e.